The van der Waals surface area contributed by atoms with Gasteiger partial charge in [0.05, 0.1) is 0 Å². The van der Waals surface area contributed by atoms with Crippen molar-refractivity contribution in [1.29, 1.82) is 0 Å². The molecule has 33 heavy (non-hydrogen) atoms. The van der Waals surface area contributed by atoms with Crippen molar-refractivity contribution in [2.45, 2.75) is 72.0 Å². The average Bonchev–Trinajstić information content (AvgIpc) is 3.27. The van der Waals surface area contributed by atoms with Crippen LogP contribution in [0.3, 0.4) is 0 Å². The topological polar surface area (TPSA) is 58.6 Å². The third-order valence-corrected chi connectivity index (χ3v) is 7.08. The molecule has 0 saturated heterocycles. The molecule has 178 valence electrons. The third kappa shape index (κ3) is 6.42. The molecule has 1 N–H and O–H groups in total. The van der Waals surface area contributed by atoms with E-state index in [4.69, 9.17) is 27.9 Å². The Balaban J connectivity index is 1.80. The molecule has 2 amide bonds. The quantitative estimate of drug-likeness (QED) is 0.510. The first-order valence-corrected chi connectivity index (χ1v) is 12.2. The predicted octanol–water partition coefficient (Wildman–Crippen LogP) is 5.77. The number of nitrogens with one attached hydrogen (secondary N) is 1. The van der Waals surface area contributed by atoms with E-state index in [1.165, 1.54) is 4.90 Å². The molecule has 3 rings (SSSR count). The fourth-order valence-electron chi connectivity index (χ4n) is 4.20. The van der Waals surface area contributed by atoms with Gasteiger partial charge in [-0.25, -0.2) is 0 Å². The number of amides is 2. The van der Waals surface area contributed by atoms with Crippen LogP contribution in [0.1, 0.15) is 54.9 Å². The minimum atomic E-state index is -0.700. The van der Waals surface area contributed by atoms with E-state index in [2.05, 4.69) is 11.4 Å². The number of nitrogens with zero attached hydrogens (tertiary/aromatic N) is 1. The Morgan fingerprint density at radius 2 is 1.76 bits per heavy atom. The molecule has 0 radical (unpaired) electrons. The van der Waals surface area contributed by atoms with E-state index in [1.807, 2.05) is 26.8 Å². The van der Waals surface area contributed by atoms with Gasteiger partial charge in [0, 0.05) is 28.2 Å². The lowest BCUT2D eigenvalue weighted by Gasteiger charge is -2.30. The summed E-state index contributed by atoms with van der Waals surface area (Å²) >= 11 is 12.7. The van der Waals surface area contributed by atoms with Crippen LogP contribution in [0.25, 0.3) is 0 Å². The van der Waals surface area contributed by atoms with Crippen LogP contribution in [0.2, 0.25) is 10.0 Å². The number of carbonyl (C=O) groups is 2. The number of hydrogen-bond acceptors (Lipinski definition) is 3. The fourth-order valence-corrected chi connectivity index (χ4v) is 4.72. The maximum Gasteiger partial charge on any atom is 0.261 e. The number of rotatable bonds is 8. The number of halogens is 2. The molecule has 1 aliphatic carbocycles. The SMILES string of the molecule is Cc1cc(C)c(C)c(OCC(=O)N(Cc2c(Cl)cccc2Cl)[C@@H](C)C(=O)NC2CCCC2)c1. The first-order valence-electron chi connectivity index (χ1n) is 11.4. The summed E-state index contributed by atoms with van der Waals surface area (Å²) in [5.41, 5.74) is 3.75. The number of aryl methyl sites for hydroxylation is 2. The highest BCUT2D eigenvalue weighted by molar-refractivity contribution is 6.36. The Morgan fingerprint density at radius 3 is 2.39 bits per heavy atom. The van der Waals surface area contributed by atoms with Crippen molar-refractivity contribution < 1.29 is 14.3 Å². The summed E-state index contributed by atoms with van der Waals surface area (Å²) in [6, 6.07) is 8.66. The van der Waals surface area contributed by atoms with Crippen LogP contribution in [-0.2, 0) is 16.1 Å². The van der Waals surface area contributed by atoms with Crippen LogP contribution in [0.4, 0.5) is 0 Å². The average molecular weight is 491 g/mol. The lowest BCUT2D eigenvalue weighted by Crippen LogP contribution is -2.50. The molecule has 7 heteroatoms. The van der Waals surface area contributed by atoms with Gasteiger partial charge in [-0.3, -0.25) is 9.59 Å². The molecule has 0 aliphatic heterocycles. The molecule has 0 bridgehead atoms. The second kappa shape index (κ2) is 11.3. The normalized spacial score (nSPS) is 14.7. The molecule has 0 heterocycles. The Bertz CT molecular complexity index is 999. The van der Waals surface area contributed by atoms with Crippen molar-refractivity contribution in [3.05, 3.63) is 62.6 Å². The van der Waals surface area contributed by atoms with Crippen LogP contribution >= 0.6 is 23.2 Å². The fraction of sp³-hybridized carbons (Fsp3) is 0.462. The van der Waals surface area contributed by atoms with Gasteiger partial charge in [0.2, 0.25) is 5.91 Å². The van der Waals surface area contributed by atoms with Crippen molar-refractivity contribution in [2.75, 3.05) is 6.61 Å². The largest absolute Gasteiger partial charge is 0.483 e. The molecule has 1 fully saturated rings. The Hall–Kier alpha value is -2.24. The number of ether oxygens (including phenoxy) is 1. The zero-order chi connectivity index (χ0) is 24.1. The van der Waals surface area contributed by atoms with Crippen LogP contribution < -0.4 is 10.1 Å². The van der Waals surface area contributed by atoms with E-state index >= 15 is 0 Å². The smallest absolute Gasteiger partial charge is 0.261 e. The zero-order valence-corrected chi connectivity index (χ0v) is 21.2. The Kier molecular flexibility index (Phi) is 8.66. The number of hydrogen-bond donors (Lipinski definition) is 1. The summed E-state index contributed by atoms with van der Waals surface area (Å²) < 4.78 is 5.91. The molecule has 0 aromatic heterocycles. The highest BCUT2D eigenvalue weighted by Gasteiger charge is 2.29. The van der Waals surface area contributed by atoms with Gasteiger partial charge in [-0.15, -0.1) is 0 Å². The van der Waals surface area contributed by atoms with Crippen molar-refractivity contribution in [3.8, 4) is 5.75 Å². The van der Waals surface area contributed by atoms with Gasteiger partial charge in [0.15, 0.2) is 6.61 Å². The van der Waals surface area contributed by atoms with E-state index < -0.39 is 6.04 Å². The first-order chi connectivity index (χ1) is 15.7. The summed E-state index contributed by atoms with van der Waals surface area (Å²) in [5, 5.41) is 3.99. The van der Waals surface area contributed by atoms with Gasteiger partial charge in [0.25, 0.3) is 5.91 Å². The second-order valence-corrected chi connectivity index (χ2v) is 9.70. The van der Waals surface area contributed by atoms with Gasteiger partial charge in [0.1, 0.15) is 11.8 Å². The highest BCUT2D eigenvalue weighted by Crippen LogP contribution is 2.27. The number of carbonyl (C=O) groups excluding carboxylic acids is 2. The zero-order valence-electron chi connectivity index (χ0n) is 19.7. The van der Waals surface area contributed by atoms with Crippen molar-refractivity contribution >= 4 is 35.0 Å². The third-order valence-electron chi connectivity index (χ3n) is 6.37. The summed E-state index contributed by atoms with van der Waals surface area (Å²) in [7, 11) is 0. The standard InChI is InChI=1S/C26H32Cl2N2O3/c1-16-12-17(2)18(3)24(13-16)33-15-25(31)30(14-21-22(27)10-7-11-23(21)28)19(4)26(32)29-20-8-5-6-9-20/h7,10-13,19-20H,5-6,8-9,14-15H2,1-4H3,(H,29,32)/t19-/m0/s1. The van der Waals surface area contributed by atoms with Crippen molar-refractivity contribution in [1.82, 2.24) is 10.2 Å². The first kappa shape index (κ1) is 25.4. The van der Waals surface area contributed by atoms with Crippen molar-refractivity contribution in [2.24, 2.45) is 0 Å². The van der Waals surface area contributed by atoms with Crippen molar-refractivity contribution in [3.63, 3.8) is 0 Å². The van der Waals surface area contributed by atoms with Crippen LogP contribution in [0.15, 0.2) is 30.3 Å². The molecular weight excluding hydrogens is 459 g/mol. The monoisotopic (exact) mass is 490 g/mol. The van der Waals surface area contributed by atoms with Gasteiger partial charge in [-0.05, 0) is 75.4 Å². The van der Waals surface area contributed by atoms with Gasteiger partial charge >= 0.3 is 0 Å². The van der Waals surface area contributed by atoms with E-state index in [-0.39, 0.29) is 31.0 Å². The highest BCUT2D eigenvalue weighted by atomic mass is 35.5. The van der Waals surface area contributed by atoms with Gasteiger partial charge in [-0.2, -0.15) is 0 Å². The van der Waals surface area contributed by atoms with Crippen LogP contribution in [-0.4, -0.2) is 35.4 Å². The molecule has 1 aliphatic rings. The van der Waals surface area contributed by atoms with E-state index in [9.17, 15) is 9.59 Å². The van der Waals surface area contributed by atoms with E-state index in [0.29, 0.717) is 21.4 Å². The van der Waals surface area contributed by atoms with Crippen LogP contribution in [0.5, 0.6) is 5.75 Å². The second-order valence-electron chi connectivity index (χ2n) is 8.88. The lowest BCUT2D eigenvalue weighted by molar-refractivity contribution is -0.142. The van der Waals surface area contributed by atoms with Crippen LogP contribution in [0, 0.1) is 20.8 Å². The minimum absolute atomic E-state index is 0.117. The van der Waals surface area contributed by atoms with Gasteiger partial charge in [-0.1, -0.05) is 48.2 Å². The summed E-state index contributed by atoms with van der Waals surface area (Å²) in [5.74, 6) is 0.180. The molecule has 5 nitrogen and oxygen atoms in total. The Morgan fingerprint density at radius 1 is 1.12 bits per heavy atom. The molecule has 1 saturated carbocycles. The minimum Gasteiger partial charge on any atom is -0.483 e. The summed E-state index contributed by atoms with van der Waals surface area (Å²) in [6.07, 6.45) is 4.16. The molecule has 1 atom stereocenters. The maximum atomic E-state index is 13.3. The predicted molar refractivity (Wildman–Crippen MR) is 133 cm³/mol. The molecular formula is C26H32Cl2N2O3. The summed E-state index contributed by atoms with van der Waals surface area (Å²) in [4.78, 5) is 27.8. The van der Waals surface area contributed by atoms with Gasteiger partial charge < -0.3 is 15.0 Å². The Labute approximate surface area is 206 Å². The maximum absolute atomic E-state index is 13.3. The van der Waals surface area contributed by atoms with E-state index in [1.54, 1.807) is 25.1 Å². The molecule has 2 aromatic carbocycles. The summed E-state index contributed by atoms with van der Waals surface area (Å²) in [6.45, 7) is 7.63. The number of benzene rings is 2. The molecule has 2 aromatic rings. The molecule has 0 spiro atoms. The van der Waals surface area contributed by atoms with E-state index in [0.717, 1.165) is 42.4 Å². The molecule has 0 unspecified atom stereocenters. The lowest BCUT2D eigenvalue weighted by atomic mass is 10.1.